The van der Waals surface area contributed by atoms with Gasteiger partial charge in [0.15, 0.2) is 9.84 Å². The maximum absolute atomic E-state index is 13.3. The van der Waals surface area contributed by atoms with E-state index in [-0.39, 0.29) is 37.7 Å². The summed E-state index contributed by atoms with van der Waals surface area (Å²) in [4.78, 5) is -0.373. The lowest BCUT2D eigenvalue weighted by atomic mass is 9.94. The molecule has 1 fully saturated rings. The molecule has 0 radical (unpaired) electrons. The minimum atomic E-state index is -4.64. The standard InChI is InChI=1S/C19H23F3N2O5S/c1-18(30(26,27)15-5-3-4-13(8-15)19(20,21)22)6-7-29-17(10-18)16-9-14(11-25)23-24(16)12-28-2/h3-5,8-9,17,25H,6-7,10-12H2,1-2H3. The maximum atomic E-state index is 13.3. The first kappa shape index (κ1) is 22.7. The van der Waals surface area contributed by atoms with Gasteiger partial charge in [0.1, 0.15) is 12.8 Å². The van der Waals surface area contributed by atoms with Crippen molar-refractivity contribution < 1.29 is 36.2 Å². The van der Waals surface area contributed by atoms with Gasteiger partial charge in [0.05, 0.1) is 33.2 Å². The van der Waals surface area contributed by atoms with Gasteiger partial charge in [0.25, 0.3) is 0 Å². The van der Waals surface area contributed by atoms with Crippen molar-refractivity contribution in [3.8, 4) is 0 Å². The molecule has 2 unspecified atom stereocenters. The number of nitrogens with zero attached hydrogens (tertiary/aromatic N) is 2. The Bertz CT molecular complexity index is 1010. The molecular formula is C19H23F3N2O5S. The van der Waals surface area contributed by atoms with E-state index in [9.17, 15) is 26.7 Å². The van der Waals surface area contributed by atoms with Crippen LogP contribution in [0.5, 0.6) is 0 Å². The molecule has 7 nitrogen and oxygen atoms in total. The Morgan fingerprint density at radius 3 is 2.73 bits per heavy atom. The molecule has 2 heterocycles. The molecule has 2 atom stereocenters. The molecule has 3 rings (SSSR count). The number of methoxy groups -OCH3 is 1. The highest BCUT2D eigenvalue weighted by Crippen LogP contribution is 2.43. The van der Waals surface area contributed by atoms with Crippen molar-refractivity contribution in [1.29, 1.82) is 0 Å². The zero-order valence-corrected chi connectivity index (χ0v) is 17.3. The third kappa shape index (κ3) is 4.25. The van der Waals surface area contributed by atoms with Crippen molar-refractivity contribution in [3.63, 3.8) is 0 Å². The molecule has 0 spiro atoms. The lowest BCUT2D eigenvalue weighted by Gasteiger charge is -2.37. The van der Waals surface area contributed by atoms with E-state index in [2.05, 4.69) is 5.10 Å². The first-order chi connectivity index (χ1) is 14.0. The number of ether oxygens (including phenoxy) is 2. The SMILES string of the molecule is COCn1nc(CO)cc1C1CC(C)(S(=O)(=O)c2cccc(C(F)(F)F)c2)CCO1. The zero-order valence-electron chi connectivity index (χ0n) is 16.5. The molecule has 0 amide bonds. The normalized spacial score (nSPS) is 22.9. The Kier molecular flexibility index (Phi) is 6.28. The number of aromatic nitrogens is 2. The smallest absolute Gasteiger partial charge is 0.390 e. The molecule has 11 heteroatoms. The quantitative estimate of drug-likeness (QED) is 0.731. The van der Waals surface area contributed by atoms with Gasteiger partial charge < -0.3 is 14.6 Å². The summed E-state index contributed by atoms with van der Waals surface area (Å²) < 4.78 is 76.9. The molecular weight excluding hydrogens is 425 g/mol. The summed E-state index contributed by atoms with van der Waals surface area (Å²) in [5.74, 6) is 0. The summed E-state index contributed by atoms with van der Waals surface area (Å²) in [5, 5.41) is 13.6. The van der Waals surface area contributed by atoms with Crippen LogP contribution in [0.1, 0.15) is 42.8 Å². The van der Waals surface area contributed by atoms with E-state index < -0.39 is 32.4 Å². The van der Waals surface area contributed by atoms with Gasteiger partial charge in [-0.1, -0.05) is 6.07 Å². The maximum Gasteiger partial charge on any atom is 0.416 e. The molecule has 0 bridgehead atoms. The lowest BCUT2D eigenvalue weighted by Crippen LogP contribution is -2.42. The van der Waals surface area contributed by atoms with Crippen LogP contribution in [0.25, 0.3) is 0 Å². The van der Waals surface area contributed by atoms with Crippen molar-refractivity contribution in [2.45, 2.75) is 55.0 Å². The molecule has 1 aliphatic rings. The number of benzene rings is 1. The van der Waals surface area contributed by atoms with Gasteiger partial charge in [-0.05, 0) is 44.0 Å². The van der Waals surface area contributed by atoms with Crippen molar-refractivity contribution in [2.75, 3.05) is 13.7 Å². The van der Waals surface area contributed by atoms with Gasteiger partial charge in [0, 0.05) is 13.7 Å². The van der Waals surface area contributed by atoms with E-state index in [1.165, 1.54) is 24.8 Å². The summed E-state index contributed by atoms with van der Waals surface area (Å²) in [6, 6.07) is 5.39. The Balaban J connectivity index is 1.96. The molecule has 1 aromatic heterocycles. The number of rotatable bonds is 6. The highest BCUT2D eigenvalue weighted by atomic mass is 32.2. The number of sulfone groups is 1. The zero-order chi connectivity index (χ0) is 22.2. The van der Waals surface area contributed by atoms with Crippen molar-refractivity contribution in [1.82, 2.24) is 9.78 Å². The van der Waals surface area contributed by atoms with E-state index in [0.717, 1.165) is 12.1 Å². The van der Waals surface area contributed by atoms with Crippen LogP contribution in [0.4, 0.5) is 13.2 Å². The second-order valence-corrected chi connectivity index (χ2v) is 9.89. The molecule has 1 N–H and O–H groups in total. The van der Waals surface area contributed by atoms with E-state index in [0.29, 0.717) is 17.5 Å². The monoisotopic (exact) mass is 448 g/mol. The van der Waals surface area contributed by atoms with Crippen molar-refractivity contribution >= 4 is 9.84 Å². The third-order valence-corrected chi connectivity index (χ3v) is 7.84. The van der Waals surface area contributed by atoms with Crippen LogP contribution < -0.4 is 0 Å². The molecule has 30 heavy (non-hydrogen) atoms. The first-order valence-corrected chi connectivity index (χ1v) is 10.7. The van der Waals surface area contributed by atoms with E-state index in [1.54, 1.807) is 6.07 Å². The van der Waals surface area contributed by atoms with Crippen LogP contribution in [0, 0.1) is 0 Å². The summed E-state index contributed by atoms with van der Waals surface area (Å²) in [6.07, 6.45) is -5.16. The second kappa shape index (κ2) is 8.29. The number of hydrogen-bond acceptors (Lipinski definition) is 6. The van der Waals surface area contributed by atoms with Crippen LogP contribution in [0.15, 0.2) is 35.2 Å². The number of alkyl halides is 3. The van der Waals surface area contributed by atoms with Gasteiger partial charge in [-0.15, -0.1) is 0 Å². The average Bonchev–Trinajstić information content (AvgIpc) is 3.11. The first-order valence-electron chi connectivity index (χ1n) is 9.22. The molecule has 0 aliphatic carbocycles. The van der Waals surface area contributed by atoms with Crippen LogP contribution in [0.3, 0.4) is 0 Å². The Hall–Kier alpha value is -1.95. The molecule has 2 aromatic rings. The molecule has 0 saturated carbocycles. The van der Waals surface area contributed by atoms with Crippen LogP contribution in [0.2, 0.25) is 0 Å². The van der Waals surface area contributed by atoms with Crippen molar-refractivity contribution in [2.24, 2.45) is 0 Å². The number of aliphatic hydroxyl groups excluding tert-OH is 1. The fourth-order valence-corrected chi connectivity index (χ4v) is 5.41. The molecule has 1 aromatic carbocycles. The van der Waals surface area contributed by atoms with E-state index in [4.69, 9.17) is 9.47 Å². The van der Waals surface area contributed by atoms with E-state index >= 15 is 0 Å². The van der Waals surface area contributed by atoms with Gasteiger partial charge in [-0.2, -0.15) is 18.3 Å². The Labute approximate surface area is 172 Å². The Morgan fingerprint density at radius 2 is 2.10 bits per heavy atom. The number of aliphatic hydroxyl groups is 1. The summed E-state index contributed by atoms with van der Waals surface area (Å²) in [6.45, 7) is 1.39. The topological polar surface area (TPSA) is 90.6 Å². The van der Waals surface area contributed by atoms with Crippen LogP contribution in [-0.2, 0) is 38.8 Å². The predicted molar refractivity (Wildman–Crippen MR) is 100 cm³/mol. The molecule has 166 valence electrons. The average molecular weight is 448 g/mol. The highest BCUT2D eigenvalue weighted by Gasteiger charge is 2.46. The van der Waals surface area contributed by atoms with Gasteiger partial charge in [-0.25, -0.2) is 13.1 Å². The predicted octanol–water partition coefficient (Wildman–Crippen LogP) is 3.08. The minimum Gasteiger partial charge on any atom is -0.390 e. The summed E-state index contributed by atoms with van der Waals surface area (Å²) in [5.41, 5.74) is -0.105. The fraction of sp³-hybridized carbons (Fsp3) is 0.526. The lowest BCUT2D eigenvalue weighted by molar-refractivity contribution is -0.137. The molecule has 1 aliphatic heterocycles. The minimum absolute atomic E-state index is 0.0197. The van der Waals surface area contributed by atoms with E-state index in [1.807, 2.05) is 0 Å². The summed E-state index contributed by atoms with van der Waals surface area (Å²) >= 11 is 0. The van der Waals surface area contributed by atoms with Gasteiger partial charge in [-0.3, -0.25) is 0 Å². The largest absolute Gasteiger partial charge is 0.416 e. The Morgan fingerprint density at radius 1 is 1.37 bits per heavy atom. The van der Waals surface area contributed by atoms with Crippen LogP contribution >= 0.6 is 0 Å². The summed E-state index contributed by atoms with van der Waals surface area (Å²) in [7, 11) is -2.63. The third-order valence-electron chi connectivity index (χ3n) is 5.29. The van der Waals surface area contributed by atoms with Gasteiger partial charge in [0.2, 0.25) is 0 Å². The number of halogens is 3. The van der Waals surface area contributed by atoms with Crippen LogP contribution in [-0.4, -0.2) is 41.8 Å². The van der Waals surface area contributed by atoms with Crippen molar-refractivity contribution in [3.05, 3.63) is 47.3 Å². The van der Waals surface area contributed by atoms with Gasteiger partial charge >= 0.3 is 6.18 Å². The fourth-order valence-electron chi connectivity index (χ4n) is 3.58. The highest BCUT2D eigenvalue weighted by molar-refractivity contribution is 7.92. The molecule has 1 saturated heterocycles. The number of hydrogen-bond donors (Lipinski definition) is 1. The second-order valence-electron chi connectivity index (χ2n) is 7.43.